The highest BCUT2D eigenvalue weighted by atomic mass is 32.1. The lowest BCUT2D eigenvalue weighted by molar-refractivity contribution is 0.111. The van der Waals surface area contributed by atoms with Gasteiger partial charge in [-0.1, -0.05) is 6.07 Å². The van der Waals surface area contributed by atoms with Crippen LogP contribution in [0.2, 0.25) is 0 Å². The number of halogens is 1. The number of hydrogen-bond donors (Lipinski definition) is 0. The number of nitrogens with zero attached hydrogens (tertiary/aromatic N) is 3. The Bertz CT molecular complexity index is 847. The molecule has 0 atom stereocenters. The largest absolute Gasteiger partial charge is 0.435 e. The van der Waals surface area contributed by atoms with E-state index in [1.165, 1.54) is 23.5 Å². The van der Waals surface area contributed by atoms with E-state index < -0.39 is 5.82 Å². The average Bonchev–Trinajstić information content (AvgIpc) is 2.99. The van der Waals surface area contributed by atoms with E-state index >= 15 is 0 Å². The molecule has 0 aliphatic carbocycles. The van der Waals surface area contributed by atoms with Crippen LogP contribution in [0.5, 0.6) is 11.6 Å². The van der Waals surface area contributed by atoms with Crippen LogP contribution in [0.15, 0.2) is 29.8 Å². The zero-order chi connectivity index (χ0) is 14.1. The van der Waals surface area contributed by atoms with Gasteiger partial charge in [0.1, 0.15) is 23.2 Å². The minimum atomic E-state index is -0.682. The SMILES string of the molecule is N#Cc1c(F)cccc1Oc1nc2sccn2c1C=O. The molecule has 0 unspecified atom stereocenters. The first kappa shape index (κ1) is 12.3. The third kappa shape index (κ3) is 1.83. The smallest absolute Gasteiger partial charge is 0.250 e. The molecule has 3 rings (SSSR count). The second-order valence-electron chi connectivity index (χ2n) is 3.80. The van der Waals surface area contributed by atoms with E-state index in [1.54, 1.807) is 22.0 Å². The van der Waals surface area contributed by atoms with Crippen molar-refractivity contribution >= 4 is 22.6 Å². The van der Waals surface area contributed by atoms with E-state index in [0.29, 0.717) is 11.2 Å². The monoisotopic (exact) mass is 287 g/mol. The Hall–Kier alpha value is -2.72. The number of fused-ring (bicyclic) bond motifs is 1. The Labute approximate surface area is 116 Å². The molecule has 0 aliphatic rings. The van der Waals surface area contributed by atoms with Gasteiger partial charge in [-0.2, -0.15) is 10.2 Å². The standard InChI is InChI=1S/C13H6FN3O2S/c14-9-2-1-3-11(8(9)6-15)19-12-10(7-18)17-4-5-20-13(17)16-12/h1-5,7H. The van der Waals surface area contributed by atoms with Crippen LogP contribution in [0, 0.1) is 17.1 Å². The maximum absolute atomic E-state index is 13.5. The molecule has 2 heterocycles. The third-order valence-corrected chi connectivity index (χ3v) is 3.43. The van der Waals surface area contributed by atoms with Gasteiger partial charge in [-0.3, -0.25) is 9.20 Å². The van der Waals surface area contributed by atoms with Gasteiger partial charge in [0.15, 0.2) is 16.9 Å². The minimum Gasteiger partial charge on any atom is -0.435 e. The van der Waals surface area contributed by atoms with Crippen molar-refractivity contribution in [1.82, 2.24) is 9.38 Å². The quantitative estimate of drug-likeness (QED) is 0.694. The summed E-state index contributed by atoms with van der Waals surface area (Å²) in [7, 11) is 0. The summed E-state index contributed by atoms with van der Waals surface area (Å²) in [6, 6.07) is 5.76. The van der Waals surface area contributed by atoms with Crippen molar-refractivity contribution in [1.29, 1.82) is 5.26 Å². The highest BCUT2D eigenvalue weighted by molar-refractivity contribution is 7.15. The molecule has 5 nitrogen and oxygen atoms in total. The van der Waals surface area contributed by atoms with Crippen LogP contribution in [0.4, 0.5) is 4.39 Å². The van der Waals surface area contributed by atoms with E-state index in [4.69, 9.17) is 10.00 Å². The van der Waals surface area contributed by atoms with Gasteiger partial charge in [-0.25, -0.2) is 4.39 Å². The van der Waals surface area contributed by atoms with Crippen LogP contribution in [0.3, 0.4) is 0 Å². The lowest BCUT2D eigenvalue weighted by Crippen LogP contribution is -1.95. The van der Waals surface area contributed by atoms with Crippen LogP contribution in [0.1, 0.15) is 16.1 Å². The fourth-order valence-electron chi connectivity index (χ4n) is 1.77. The van der Waals surface area contributed by atoms with Crippen molar-refractivity contribution in [2.75, 3.05) is 0 Å². The Kier molecular flexibility index (Phi) is 2.93. The van der Waals surface area contributed by atoms with Gasteiger partial charge in [-0.05, 0) is 12.1 Å². The number of imidazole rings is 1. The molecule has 1 aromatic carbocycles. The maximum atomic E-state index is 13.5. The van der Waals surface area contributed by atoms with Gasteiger partial charge >= 0.3 is 0 Å². The van der Waals surface area contributed by atoms with Gasteiger partial charge in [-0.15, -0.1) is 11.3 Å². The lowest BCUT2D eigenvalue weighted by Gasteiger charge is -2.05. The van der Waals surface area contributed by atoms with Gasteiger partial charge in [0.2, 0.25) is 5.88 Å². The van der Waals surface area contributed by atoms with Crippen LogP contribution >= 0.6 is 11.3 Å². The number of thiazole rings is 1. The summed E-state index contributed by atoms with van der Waals surface area (Å²) in [5, 5.41) is 10.7. The highest BCUT2D eigenvalue weighted by Gasteiger charge is 2.17. The van der Waals surface area contributed by atoms with Crippen molar-refractivity contribution in [3.63, 3.8) is 0 Å². The number of carbonyl (C=O) groups is 1. The van der Waals surface area contributed by atoms with E-state index in [2.05, 4.69) is 4.98 Å². The van der Waals surface area contributed by atoms with Crippen molar-refractivity contribution in [2.45, 2.75) is 0 Å². The fraction of sp³-hybridized carbons (Fsp3) is 0. The van der Waals surface area contributed by atoms with Gasteiger partial charge in [0.05, 0.1) is 0 Å². The topological polar surface area (TPSA) is 67.4 Å². The fourth-order valence-corrected chi connectivity index (χ4v) is 2.48. The van der Waals surface area contributed by atoms with Crippen molar-refractivity contribution in [3.05, 3.63) is 46.9 Å². The molecule has 7 heteroatoms. The maximum Gasteiger partial charge on any atom is 0.250 e. The summed E-state index contributed by atoms with van der Waals surface area (Å²) in [6.07, 6.45) is 2.29. The lowest BCUT2D eigenvalue weighted by atomic mass is 10.2. The van der Waals surface area contributed by atoms with Crippen LogP contribution in [-0.4, -0.2) is 15.7 Å². The first-order chi connectivity index (χ1) is 9.74. The molecule has 98 valence electrons. The number of aldehydes is 1. The highest BCUT2D eigenvalue weighted by Crippen LogP contribution is 2.29. The number of rotatable bonds is 3. The normalized spacial score (nSPS) is 10.4. The predicted octanol–water partition coefficient (Wildman–Crippen LogP) is 3.01. The van der Waals surface area contributed by atoms with Gasteiger partial charge in [0, 0.05) is 11.6 Å². The third-order valence-electron chi connectivity index (χ3n) is 2.67. The van der Waals surface area contributed by atoms with Crippen LogP contribution in [-0.2, 0) is 0 Å². The number of nitriles is 1. The first-order valence-corrected chi connectivity index (χ1v) is 6.39. The van der Waals surface area contributed by atoms with Crippen molar-refractivity contribution in [3.8, 4) is 17.7 Å². The Morgan fingerprint density at radius 3 is 3.10 bits per heavy atom. The molecule has 0 bridgehead atoms. The molecular formula is C13H6FN3O2S. The van der Waals surface area contributed by atoms with E-state index in [0.717, 1.165) is 6.07 Å². The summed E-state index contributed by atoms with van der Waals surface area (Å²) >= 11 is 1.34. The first-order valence-electron chi connectivity index (χ1n) is 5.52. The summed E-state index contributed by atoms with van der Waals surface area (Å²) in [5.74, 6) is -0.603. The predicted molar refractivity (Wildman–Crippen MR) is 69.6 cm³/mol. The second-order valence-corrected chi connectivity index (χ2v) is 4.68. The van der Waals surface area contributed by atoms with E-state index in [9.17, 15) is 9.18 Å². The zero-order valence-electron chi connectivity index (χ0n) is 9.91. The second kappa shape index (κ2) is 4.75. The van der Waals surface area contributed by atoms with Gasteiger partial charge < -0.3 is 4.74 Å². The molecule has 2 aromatic heterocycles. The zero-order valence-corrected chi connectivity index (χ0v) is 10.7. The molecule has 0 saturated carbocycles. The molecular weight excluding hydrogens is 281 g/mol. The molecule has 0 radical (unpaired) electrons. The Morgan fingerprint density at radius 1 is 1.50 bits per heavy atom. The summed E-state index contributed by atoms with van der Waals surface area (Å²) in [5.41, 5.74) is -0.00453. The molecule has 0 N–H and O–H groups in total. The Morgan fingerprint density at radius 2 is 2.35 bits per heavy atom. The average molecular weight is 287 g/mol. The molecule has 0 saturated heterocycles. The number of carbonyl (C=O) groups excluding carboxylic acids is 1. The number of hydrogen-bond acceptors (Lipinski definition) is 5. The molecule has 3 aromatic rings. The molecule has 0 amide bonds. The van der Waals surface area contributed by atoms with E-state index in [1.807, 2.05) is 0 Å². The van der Waals surface area contributed by atoms with Crippen LogP contribution in [0.25, 0.3) is 4.96 Å². The summed E-state index contributed by atoms with van der Waals surface area (Å²) in [6.45, 7) is 0. The number of ether oxygens (including phenoxy) is 1. The minimum absolute atomic E-state index is 0.0290. The number of aromatic nitrogens is 2. The molecule has 0 aliphatic heterocycles. The molecule has 20 heavy (non-hydrogen) atoms. The Balaban J connectivity index is 2.10. The van der Waals surface area contributed by atoms with Crippen molar-refractivity contribution < 1.29 is 13.9 Å². The van der Waals surface area contributed by atoms with Crippen LogP contribution < -0.4 is 4.74 Å². The van der Waals surface area contributed by atoms with E-state index in [-0.39, 0.29) is 22.9 Å². The molecule has 0 fully saturated rings. The van der Waals surface area contributed by atoms with Gasteiger partial charge in [0.25, 0.3) is 0 Å². The van der Waals surface area contributed by atoms with Crippen molar-refractivity contribution in [2.24, 2.45) is 0 Å². The summed E-state index contributed by atoms with van der Waals surface area (Å²) in [4.78, 5) is 15.9. The number of benzene rings is 1. The molecule has 0 spiro atoms. The summed E-state index contributed by atoms with van der Waals surface area (Å²) < 4.78 is 20.5.